The molecule has 90 valence electrons. The third-order valence-electron chi connectivity index (χ3n) is 1.75. The maximum atomic E-state index is 12.0. The first-order chi connectivity index (χ1) is 7.26. The van der Waals surface area contributed by atoms with Gasteiger partial charge in [-0.3, -0.25) is 4.72 Å². The number of halogens is 3. The van der Waals surface area contributed by atoms with Crippen LogP contribution in [0.5, 0.6) is 0 Å². The summed E-state index contributed by atoms with van der Waals surface area (Å²) < 4.78 is 58.8. The second-order valence-electron chi connectivity index (χ2n) is 2.95. The molecular weight excluding hydrogens is 245 g/mol. The largest absolute Gasteiger partial charge is 0.516 e. The van der Waals surface area contributed by atoms with E-state index in [0.29, 0.717) is 5.56 Å². The van der Waals surface area contributed by atoms with E-state index >= 15 is 0 Å². The van der Waals surface area contributed by atoms with E-state index in [1.807, 2.05) is 0 Å². The highest BCUT2D eigenvalue weighted by molar-refractivity contribution is 7.93. The molecule has 0 spiro atoms. The molecular formula is C8H9F3N2O2S. The van der Waals surface area contributed by atoms with Crippen molar-refractivity contribution in [3.05, 3.63) is 29.8 Å². The zero-order chi connectivity index (χ0) is 12.4. The first-order valence-corrected chi connectivity index (χ1v) is 5.62. The first kappa shape index (κ1) is 12.8. The summed E-state index contributed by atoms with van der Waals surface area (Å²) in [5.74, 6) is 0. The molecule has 0 saturated heterocycles. The molecule has 1 aromatic rings. The lowest BCUT2D eigenvalue weighted by Gasteiger charge is -2.10. The van der Waals surface area contributed by atoms with E-state index in [0.717, 1.165) is 0 Å². The standard InChI is InChI=1S/C8H9F3N2O2S/c9-8(10,11)16(14,15)13-7-3-1-6(5-12)2-4-7/h1-4,13H,5,12H2. The van der Waals surface area contributed by atoms with Crippen LogP contribution in [-0.4, -0.2) is 13.9 Å². The Morgan fingerprint density at radius 2 is 1.69 bits per heavy atom. The van der Waals surface area contributed by atoms with Gasteiger partial charge in [-0.15, -0.1) is 0 Å². The molecule has 0 aromatic heterocycles. The number of alkyl halides is 3. The van der Waals surface area contributed by atoms with Crippen LogP contribution >= 0.6 is 0 Å². The Morgan fingerprint density at radius 3 is 2.06 bits per heavy atom. The summed E-state index contributed by atoms with van der Waals surface area (Å²) in [6.07, 6.45) is 0. The number of benzene rings is 1. The monoisotopic (exact) mass is 254 g/mol. The van der Waals surface area contributed by atoms with Gasteiger partial charge in [0.15, 0.2) is 0 Å². The van der Waals surface area contributed by atoms with Crippen molar-refractivity contribution in [3.8, 4) is 0 Å². The van der Waals surface area contributed by atoms with Gasteiger partial charge in [0.2, 0.25) is 0 Å². The highest BCUT2D eigenvalue weighted by atomic mass is 32.2. The molecule has 4 nitrogen and oxygen atoms in total. The topological polar surface area (TPSA) is 72.2 Å². The normalized spacial score (nSPS) is 12.5. The van der Waals surface area contributed by atoms with Gasteiger partial charge in [0.1, 0.15) is 0 Å². The fraction of sp³-hybridized carbons (Fsp3) is 0.250. The van der Waals surface area contributed by atoms with Gasteiger partial charge in [-0.05, 0) is 17.7 Å². The van der Waals surface area contributed by atoms with Crippen molar-refractivity contribution in [1.82, 2.24) is 0 Å². The molecule has 0 aliphatic heterocycles. The average molecular weight is 254 g/mol. The Hall–Kier alpha value is -1.28. The number of rotatable bonds is 3. The number of sulfonamides is 1. The van der Waals surface area contributed by atoms with Gasteiger partial charge in [-0.2, -0.15) is 21.6 Å². The molecule has 0 heterocycles. The summed E-state index contributed by atoms with van der Waals surface area (Å²) >= 11 is 0. The van der Waals surface area contributed by atoms with E-state index in [1.54, 1.807) is 0 Å². The van der Waals surface area contributed by atoms with Crippen molar-refractivity contribution < 1.29 is 21.6 Å². The zero-order valence-corrected chi connectivity index (χ0v) is 8.77. The van der Waals surface area contributed by atoms with Crippen LogP contribution in [0.3, 0.4) is 0 Å². The second kappa shape index (κ2) is 4.30. The number of hydrogen-bond donors (Lipinski definition) is 2. The van der Waals surface area contributed by atoms with E-state index in [2.05, 4.69) is 0 Å². The minimum absolute atomic E-state index is 0.158. The molecule has 1 rings (SSSR count). The number of hydrogen-bond acceptors (Lipinski definition) is 3. The first-order valence-electron chi connectivity index (χ1n) is 4.14. The van der Waals surface area contributed by atoms with Crippen molar-refractivity contribution in [2.24, 2.45) is 5.73 Å². The molecule has 0 radical (unpaired) electrons. The maximum Gasteiger partial charge on any atom is 0.516 e. The third kappa shape index (κ3) is 2.86. The number of nitrogens with one attached hydrogen (secondary N) is 1. The Kier molecular flexibility index (Phi) is 3.44. The Bertz CT molecular complexity index is 453. The van der Waals surface area contributed by atoms with Gasteiger partial charge in [-0.25, -0.2) is 0 Å². The zero-order valence-electron chi connectivity index (χ0n) is 7.95. The minimum Gasteiger partial charge on any atom is -0.326 e. The fourth-order valence-corrected chi connectivity index (χ4v) is 1.48. The maximum absolute atomic E-state index is 12.0. The molecule has 16 heavy (non-hydrogen) atoms. The Morgan fingerprint density at radius 1 is 1.19 bits per heavy atom. The average Bonchev–Trinajstić information content (AvgIpc) is 2.16. The third-order valence-corrected chi connectivity index (χ3v) is 2.86. The van der Waals surface area contributed by atoms with E-state index in [1.165, 1.54) is 29.0 Å². The highest BCUT2D eigenvalue weighted by Gasteiger charge is 2.45. The molecule has 1 aromatic carbocycles. The Labute approximate surface area is 90.3 Å². The molecule has 0 saturated carbocycles. The quantitative estimate of drug-likeness (QED) is 0.856. The van der Waals surface area contributed by atoms with Gasteiger partial charge < -0.3 is 5.73 Å². The van der Waals surface area contributed by atoms with Crippen molar-refractivity contribution in [2.75, 3.05) is 4.72 Å². The lowest BCUT2D eigenvalue weighted by atomic mass is 10.2. The van der Waals surface area contributed by atoms with Crippen LogP contribution < -0.4 is 10.5 Å². The van der Waals surface area contributed by atoms with E-state index in [4.69, 9.17) is 5.73 Å². The molecule has 0 unspecified atom stereocenters. The van der Waals surface area contributed by atoms with Gasteiger partial charge in [0.25, 0.3) is 0 Å². The molecule has 8 heteroatoms. The van der Waals surface area contributed by atoms with Crippen LogP contribution in [0.15, 0.2) is 24.3 Å². The van der Waals surface area contributed by atoms with Crippen molar-refractivity contribution >= 4 is 15.7 Å². The summed E-state index contributed by atoms with van der Waals surface area (Å²) in [4.78, 5) is 0. The summed E-state index contributed by atoms with van der Waals surface area (Å²) in [6.45, 7) is 0.228. The highest BCUT2D eigenvalue weighted by Crippen LogP contribution is 2.25. The van der Waals surface area contributed by atoms with E-state index in [9.17, 15) is 21.6 Å². The molecule has 3 N–H and O–H groups in total. The van der Waals surface area contributed by atoms with Crippen molar-refractivity contribution in [2.45, 2.75) is 12.1 Å². The van der Waals surface area contributed by atoms with Gasteiger partial charge in [0, 0.05) is 12.2 Å². The van der Waals surface area contributed by atoms with Crippen LogP contribution in [0.25, 0.3) is 0 Å². The molecule has 0 atom stereocenters. The SMILES string of the molecule is NCc1ccc(NS(=O)(=O)C(F)(F)F)cc1. The van der Waals surface area contributed by atoms with Gasteiger partial charge in [-0.1, -0.05) is 12.1 Å². The van der Waals surface area contributed by atoms with Gasteiger partial charge in [0.05, 0.1) is 0 Å². The predicted molar refractivity (Wildman–Crippen MR) is 52.9 cm³/mol. The molecule has 0 fully saturated rings. The smallest absolute Gasteiger partial charge is 0.326 e. The van der Waals surface area contributed by atoms with Crippen LogP contribution in [-0.2, 0) is 16.6 Å². The fourth-order valence-electron chi connectivity index (χ4n) is 0.922. The summed E-state index contributed by atoms with van der Waals surface area (Å²) in [6, 6.07) is 5.30. The van der Waals surface area contributed by atoms with Gasteiger partial charge >= 0.3 is 15.5 Å². The summed E-state index contributed by atoms with van der Waals surface area (Å²) in [5, 5.41) is 0. The summed E-state index contributed by atoms with van der Waals surface area (Å²) in [5.41, 5.74) is 0.490. The van der Waals surface area contributed by atoms with Crippen LogP contribution in [0.4, 0.5) is 18.9 Å². The second-order valence-corrected chi connectivity index (χ2v) is 4.63. The van der Waals surface area contributed by atoms with E-state index < -0.39 is 15.5 Å². The van der Waals surface area contributed by atoms with E-state index in [-0.39, 0.29) is 12.2 Å². The van der Waals surface area contributed by atoms with Crippen LogP contribution in [0.1, 0.15) is 5.56 Å². The Balaban J connectivity index is 2.89. The molecule has 0 amide bonds. The number of anilines is 1. The molecule has 0 aliphatic rings. The minimum atomic E-state index is -5.35. The van der Waals surface area contributed by atoms with Crippen molar-refractivity contribution in [1.29, 1.82) is 0 Å². The summed E-state index contributed by atoms with van der Waals surface area (Å²) in [7, 11) is -5.35. The van der Waals surface area contributed by atoms with Crippen LogP contribution in [0, 0.1) is 0 Å². The van der Waals surface area contributed by atoms with Crippen molar-refractivity contribution in [3.63, 3.8) is 0 Å². The lowest BCUT2D eigenvalue weighted by molar-refractivity contribution is -0.0429. The lowest BCUT2D eigenvalue weighted by Crippen LogP contribution is -2.29. The number of nitrogens with two attached hydrogens (primary N) is 1. The predicted octanol–water partition coefficient (Wildman–Crippen LogP) is 1.41. The molecule has 0 bridgehead atoms. The van der Waals surface area contributed by atoms with Crippen LogP contribution in [0.2, 0.25) is 0 Å². The molecule has 0 aliphatic carbocycles.